The number of nitrogens with one attached hydrogen (secondary N) is 1. The first kappa shape index (κ1) is 10.4. The summed E-state index contributed by atoms with van der Waals surface area (Å²) in [4.78, 5) is 35.4. The maximum Gasteiger partial charge on any atom is 0.260 e. The van der Waals surface area contributed by atoms with Crippen LogP contribution in [0.1, 0.15) is 10.4 Å². The molecule has 0 saturated carbocycles. The SMILES string of the molecule is O=C1CN(C(=O)c2ccccc2)C(=O)CN1. The molecule has 5 nitrogen and oxygen atoms in total. The van der Waals surface area contributed by atoms with Gasteiger partial charge in [0.1, 0.15) is 6.54 Å². The number of imide groups is 1. The lowest BCUT2D eigenvalue weighted by Gasteiger charge is -2.24. The Bertz CT molecular complexity index is 442. The van der Waals surface area contributed by atoms with Gasteiger partial charge in [0.2, 0.25) is 11.8 Å². The number of hydrogen-bond donors (Lipinski definition) is 1. The van der Waals surface area contributed by atoms with E-state index >= 15 is 0 Å². The Labute approximate surface area is 92.0 Å². The summed E-state index contributed by atoms with van der Waals surface area (Å²) in [6, 6.07) is 8.43. The molecule has 0 bridgehead atoms. The second-order valence-electron chi connectivity index (χ2n) is 3.43. The highest BCUT2D eigenvalue weighted by Crippen LogP contribution is 2.06. The topological polar surface area (TPSA) is 66.5 Å². The lowest BCUT2D eigenvalue weighted by molar-refractivity contribution is -0.137. The maximum absolute atomic E-state index is 11.9. The molecule has 1 N–H and O–H groups in total. The average molecular weight is 218 g/mol. The van der Waals surface area contributed by atoms with Crippen molar-refractivity contribution in [1.29, 1.82) is 0 Å². The fourth-order valence-electron chi connectivity index (χ4n) is 1.48. The van der Waals surface area contributed by atoms with Gasteiger partial charge in [0.25, 0.3) is 5.91 Å². The number of nitrogens with zero attached hydrogens (tertiary/aromatic N) is 1. The van der Waals surface area contributed by atoms with Gasteiger partial charge in [-0.2, -0.15) is 0 Å². The first-order valence-electron chi connectivity index (χ1n) is 4.85. The molecule has 0 radical (unpaired) electrons. The van der Waals surface area contributed by atoms with Gasteiger partial charge in [-0.25, -0.2) is 0 Å². The first-order valence-corrected chi connectivity index (χ1v) is 4.85. The highest BCUT2D eigenvalue weighted by atomic mass is 16.2. The van der Waals surface area contributed by atoms with Crippen LogP contribution in [-0.4, -0.2) is 35.7 Å². The van der Waals surface area contributed by atoms with E-state index in [4.69, 9.17) is 0 Å². The number of piperazine rings is 1. The first-order chi connectivity index (χ1) is 7.68. The van der Waals surface area contributed by atoms with Gasteiger partial charge in [-0.05, 0) is 12.1 Å². The molecule has 0 spiro atoms. The second-order valence-corrected chi connectivity index (χ2v) is 3.43. The molecule has 1 aromatic carbocycles. The molecule has 82 valence electrons. The van der Waals surface area contributed by atoms with Crippen LogP contribution in [0.25, 0.3) is 0 Å². The van der Waals surface area contributed by atoms with E-state index in [1.165, 1.54) is 0 Å². The summed E-state index contributed by atoms with van der Waals surface area (Å²) in [5.74, 6) is -1.13. The molecule has 0 unspecified atom stereocenters. The predicted octanol–water partition coefficient (Wildman–Crippen LogP) is -0.215. The molecule has 1 aliphatic rings. The third kappa shape index (κ3) is 1.93. The zero-order valence-electron chi connectivity index (χ0n) is 8.47. The van der Waals surface area contributed by atoms with Crippen molar-refractivity contribution in [2.24, 2.45) is 0 Å². The number of rotatable bonds is 1. The van der Waals surface area contributed by atoms with Crippen LogP contribution in [0.3, 0.4) is 0 Å². The molecule has 0 aromatic heterocycles. The molecule has 5 heteroatoms. The summed E-state index contributed by atoms with van der Waals surface area (Å²) in [5.41, 5.74) is 0.408. The van der Waals surface area contributed by atoms with Crippen molar-refractivity contribution in [1.82, 2.24) is 10.2 Å². The summed E-state index contributed by atoms with van der Waals surface area (Å²) in [6.07, 6.45) is 0. The standard InChI is InChI=1S/C11H10N2O3/c14-9-7-13(10(15)6-12-9)11(16)8-4-2-1-3-5-8/h1-5H,6-7H2,(H,12,14). The summed E-state index contributed by atoms with van der Waals surface area (Å²) in [6.45, 7) is -0.316. The molecule has 2 rings (SSSR count). The van der Waals surface area contributed by atoms with E-state index in [0.717, 1.165) is 4.90 Å². The van der Waals surface area contributed by atoms with Gasteiger partial charge in [0, 0.05) is 5.56 Å². The van der Waals surface area contributed by atoms with Gasteiger partial charge in [-0.3, -0.25) is 19.3 Å². The molecule has 0 aliphatic carbocycles. The molecule has 1 aliphatic heterocycles. The predicted molar refractivity (Wildman–Crippen MR) is 55.5 cm³/mol. The number of carbonyl (C=O) groups excluding carboxylic acids is 3. The number of amides is 3. The minimum atomic E-state index is -0.430. The van der Waals surface area contributed by atoms with Crippen molar-refractivity contribution in [3.63, 3.8) is 0 Å². The van der Waals surface area contributed by atoms with Crippen LogP contribution in [0.4, 0.5) is 0 Å². The number of benzene rings is 1. The third-order valence-electron chi connectivity index (χ3n) is 2.31. The fourth-order valence-corrected chi connectivity index (χ4v) is 1.48. The van der Waals surface area contributed by atoms with Crippen molar-refractivity contribution in [2.45, 2.75) is 0 Å². The van der Waals surface area contributed by atoms with E-state index in [-0.39, 0.29) is 24.9 Å². The molecule has 0 atom stereocenters. The Morgan fingerprint density at radius 3 is 2.56 bits per heavy atom. The van der Waals surface area contributed by atoms with E-state index < -0.39 is 5.91 Å². The average Bonchev–Trinajstić information content (AvgIpc) is 2.32. The summed E-state index contributed by atoms with van der Waals surface area (Å²) < 4.78 is 0. The molecular formula is C11H10N2O3. The quantitative estimate of drug-likeness (QED) is 0.663. The molecule has 1 heterocycles. The van der Waals surface area contributed by atoms with Crippen LogP contribution < -0.4 is 5.32 Å². The number of hydrogen-bond acceptors (Lipinski definition) is 3. The van der Waals surface area contributed by atoms with Gasteiger partial charge in [0.15, 0.2) is 0 Å². The maximum atomic E-state index is 11.9. The Hall–Kier alpha value is -2.17. The largest absolute Gasteiger partial charge is 0.345 e. The van der Waals surface area contributed by atoms with Crippen molar-refractivity contribution in [3.8, 4) is 0 Å². The third-order valence-corrected chi connectivity index (χ3v) is 2.31. The smallest absolute Gasteiger partial charge is 0.260 e. The van der Waals surface area contributed by atoms with Gasteiger partial charge in [-0.1, -0.05) is 18.2 Å². The van der Waals surface area contributed by atoms with Crippen LogP contribution in [0.5, 0.6) is 0 Å². The second kappa shape index (κ2) is 4.14. The summed E-state index contributed by atoms with van der Waals surface area (Å²) in [5, 5.41) is 2.39. The van der Waals surface area contributed by atoms with Gasteiger partial charge in [-0.15, -0.1) is 0 Å². The highest BCUT2D eigenvalue weighted by molar-refractivity contribution is 6.09. The van der Waals surface area contributed by atoms with Crippen LogP contribution in [0.2, 0.25) is 0 Å². The van der Waals surface area contributed by atoms with Crippen molar-refractivity contribution >= 4 is 17.7 Å². The fraction of sp³-hybridized carbons (Fsp3) is 0.182. The Morgan fingerprint density at radius 2 is 1.88 bits per heavy atom. The molecular weight excluding hydrogens is 208 g/mol. The van der Waals surface area contributed by atoms with Gasteiger partial charge < -0.3 is 5.32 Å². The molecule has 1 fully saturated rings. The monoisotopic (exact) mass is 218 g/mol. The van der Waals surface area contributed by atoms with Gasteiger partial charge >= 0.3 is 0 Å². The van der Waals surface area contributed by atoms with E-state index in [1.807, 2.05) is 0 Å². The minimum Gasteiger partial charge on any atom is -0.345 e. The normalized spacial score (nSPS) is 15.9. The molecule has 3 amide bonds. The Kier molecular flexibility index (Phi) is 2.68. The van der Waals surface area contributed by atoms with Crippen LogP contribution in [0.15, 0.2) is 30.3 Å². The zero-order chi connectivity index (χ0) is 11.5. The van der Waals surface area contributed by atoms with E-state index in [0.29, 0.717) is 5.56 Å². The number of carbonyl (C=O) groups is 3. The minimum absolute atomic E-state index is 0.114. The van der Waals surface area contributed by atoms with Crippen molar-refractivity contribution in [3.05, 3.63) is 35.9 Å². The van der Waals surface area contributed by atoms with E-state index in [2.05, 4.69) is 5.32 Å². The molecule has 1 saturated heterocycles. The van der Waals surface area contributed by atoms with Crippen LogP contribution >= 0.6 is 0 Å². The van der Waals surface area contributed by atoms with Gasteiger partial charge in [0.05, 0.1) is 6.54 Å². The molecule has 16 heavy (non-hydrogen) atoms. The van der Waals surface area contributed by atoms with E-state index in [1.54, 1.807) is 30.3 Å². The molecule has 1 aromatic rings. The lowest BCUT2D eigenvalue weighted by Crippen LogP contribution is -2.53. The van der Waals surface area contributed by atoms with Crippen LogP contribution in [-0.2, 0) is 9.59 Å². The Balaban J connectivity index is 2.21. The Morgan fingerprint density at radius 1 is 1.19 bits per heavy atom. The van der Waals surface area contributed by atoms with Crippen molar-refractivity contribution in [2.75, 3.05) is 13.1 Å². The van der Waals surface area contributed by atoms with Crippen LogP contribution in [0, 0.1) is 0 Å². The summed E-state index contributed by atoms with van der Waals surface area (Å²) in [7, 11) is 0. The zero-order valence-corrected chi connectivity index (χ0v) is 8.47. The van der Waals surface area contributed by atoms with E-state index in [9.17, 15) is 14.4 Å². The highest BCUT2D eigenvalue weighted by Gasteiger charge is 2.28. The summed E-state index contributed by atoms with van der Waals surface area (Å²) >= 11 is 0. The lowest BCUT2D eigenvalue weighted by atomic mass is 10.2. The van der Waals surface area contributed by atoms with Crippen molar-refractivity contribution < 1.29 is 14.4 Å².